The van der Waals surface area contributed by atoms with Gasteiger partial charge in [-0.1, -0.05) is 12.1 Å². The highest BCUT2D eigenvalue weighted by Gasteiger charge is 2.34. The SMILES string of the molecule is CC(C)N1CCC(Nc2ccccc2C(F)(F)F)C1. The number of anilines is 1. The number of rotatable bonds is 3. The predicted molar refractivity (Wildman–Crippen MR) is 70.2 cm³/mol. The molecule has 0 aliphatic carbocycles. The number of nitrogens with one attached hydrogen (secondary N) is 1. The van der Waals surface area contributed by atoms with Gasteiger partial charge in [0.1, 0.15) is 0 Å². The minimum Gasteiger partial charge on any atom is -0.380 e. The van der Waals surface area contributed by atoms with Gasteiger partial charge in [-0.2, -0.15) is 13.2 Å². The fourth-order valence-electron chi connectivity index (χ4n) is 2.45. The molecular weight excluding hydrogens is 253 g/mol. The molecule has 1 aliphatic heterocycles. The summed E-state index contributed by atoms with van der Waals surface area (Å²) in [6, 6.07) is 6.20. The molecule has 0 saturated carbocycles. The van der Waals surface area contributed by atoms with Crippen molar-refractivity contribution >= 4 is 5.69 Å². The fourth-order valence-corrected chi connectivity index (χ4v) is 2.45. The van der Waals surface area contributed by atoms with Crippen LogP contribution in [0.25, 0.3) is 0 Å². The number of halogens is 3. The van der Waals surface area contributed by atoms with E-state index in [0.717, 1.165) is 25.6 Å². The number of nitrogens with zero attached hydrogens (tertiary/aromatic N) is 1. The summed E-state index contributed by atoms with van der Waals surface area (Å²) >= 11 is 0. The number of likely N-dealkylation sites (tertiary alicyclic amines) is 1. The Morgan fingerprint density at radius 2 is 1.95 bits per heavy atom. The van der Waals surface area contributed by atoms with Crippen LogP contribution in [0.2, 0.25) is 0 Å². The van der Waals surface area contributed by atoms with E-state index in [9.17, 15) is 13.2 Å². The molecule has 0 aromatic heterocycles. The number of benzene rings is 1. The van der Waals surface area contributed by atoms with Crippen molar-refractivity contribution in [3.8, 4) is 0 Å². The van der Waals surface area contributed by atoms with Gasteiger partial charge in [0.15, 0.2) is 0 Å². The van der Waals surface area contributed by atoms with Crippen LogP contribution in [0, 0.1) is 0 Å². The molecule has 2 nitrogen and oxygen atoms in total. The smallest absolute Gasteiger partial charge is 0.380 e. The highest BCUT2D eigenvalue weighted by Crippen LogP contribution is 2.35. The molecule has 0 bridgehead atoms. The van der Waals surface area contributed by atoms with Crippen LogP contribution in [-0.4, -0.2) is 30.1 Å². The molecule has 5 heteroatoms. The third-order valence-electron chi connectivity index (χ3n) is 3.54. The molecule has 0 amide bonds. The number of hydrogen-bond donors (Lipinski definition) is 1. The van der Waals surface area contributed by atoms with Gasteiger partial charge in [-0.05, 0) is 32.4 Å². The highest BCUT2D eigenvalue weighted by molar-refractivity contribution is 5.53. The first-order chi connectivity index (χ1) is 8.88. The Bertz CT molecular complexity index is 429. The minimum absolute atomic E-state index is 0.0888. The van der Waals surface area contributed by atoms with E-state index in [1.807, 2.05) is 0 Å². The van der Waals surface area contributed by atoms with Crippen LogP contribution in [0.4, 0.5) is 18.9 Å². The van der Waals surface area contributed by atoms with Crippen molar-refractivity contribution in [2.75, 3.05) is 18.4 Å². The van der Waals surface area contributed by atoms with Gasteiger partial charge in [-0.25, -0.2) is 0 Å². The Kier molecular flexibility index (Phi) is 4.04. The number of hydrogen-bond acceptors (Lipinski definition) is 2. The summed E-state index contributed by atoms with van der Waals surface area (Å²) in [5, 5.41) is 3.04. The van der Waals surface area contributed by atoms with Crippen LogP contribution in [0.3, 0.4) is 0 Å². The molecule has 1 aromatic carbocycles. The lowest BCUT2D eigenvalue weighted by Gasteiger charge is -2.22. The zero-order chi connectivity index (χ0) is 14.0. The molecular formula is C14H19F3N2. The van der Waals surface area contributed by atoms with Crippen molar-refractivity contribution in [1.29, 1.82) is 0 Å². The Labute approximate surface area is 111 Å². The Morgan fingerprint density at radius 3 is 2.53 bits per heavy atom. The van der Waals surface area contributed by atoms with E-state index in [2.05, 4.69) is 24.1 Å². The second-order valence-corrected chi connectivity index (χ2v) is 5.26. The van der Waals surface area contributed by atoms with Gasteiger partial charge in [0.05, 0.1) is 5.56 Å². The normalized spacial score (nSPS) is 21.1. The van der Waals surface area contributed by atoms with Gasteiger partial charge in [-0.3, -0.25) is 4.90 Å². The van der Waals surface area contributed by atoms with E-state index in [1.54, 1.807) is 6.07 Å². The van der Waals surface area contributed by atoms with Gasteiger partial charge >= 0.3 is 6.18 Å². The molecule has 2 rings (SSSR count). The van der Waals surface area contributed by atoms with Gasteiger partial charge < -0.3 is 5.32 Å². The summed E-state index contributed by atoms with van der Waals surface area (Å²) in [6.07, 6.45) is -3.43. The zero-order valence-electron chi connectivity index (χ0n) is 11.2. The highest BCUT2D eigenvalue weighted by atomic mass is 19.4. The second kappa shape index (κ2) is 5.41. The Morgan fingerprint density at radius 1 is 1.26 bits per heavy atom. The van der Waals surface area contributed by atoms with Crippen LogP contribution in [0.5, 0.6) is 0 Å². The molecule has 1 atom stereocenters. The first kappa shape index (κ1) is 14.2. The second-order valence-electron chi connectivity index (χ2n) is 5.26. The standard InChI is InChI=1S/C14H19F3N2/c1-10(2)19-8-7-11(9-19)18-13-6-4-3-5-12(13)14(15,16)17/h3-6,10-11,18H,7-9H2,1-2H3. The molecule has 106 valence electrons. The summed E-state index contributed by atoms with van der Waals surface area (Å²) < 4.78 is 38.6. The molecule has 1 saturated heterocycles. The zero-order valence-corrected chi connectivity index (χ0v) is 11.2. The van der Waals surface area contributed by atoms with Crippen molar-refractivity contribution in [2.24, 2.45) is 0 Å². The summed E-state index contributed by atoms with van der Waals surface area (Å²) in [5.41, 5.74) is -0.399. The maximum absolute atomic E-state index is 12.9. The molecule has 1 aliphatic rings. The monoisotopic (exact) mass is 272 g/mol. The number of para-hydroxylation sites is 1. The summed E-state index contributed by atoms with van der Waals surface area (Å²) in [5.74, 6) is 0. The summed E-state index contributed by atoms with van der Waals surface area (Å²) in [4.78, 5) is 2.27. The fraction of sp³-hybridized carbons (Fsp3) is 0.571. The lowest BCUT2D eigenvalue weighted by atomic mass is 10.1. The van der Waals surface area contributed by atoms with E-state index >= 15 is 0 Å². The van der Waals surface area contributed by atoms with E-state index in [-0.39, 0.29) is 11.7 Å². The topological polar surface area (TPSA) is 15.3 Å². The summed E-state index contributed by atoms with van der Waals surface area (Å²) in [6.45, 7) is 5.94. The first-order valence-electron chi connectivity index (χ1n) is 6.54. The maximum Gasteiger partial charge on any atom is 0.418 e. The molecule has 1 heterocycles. The van der Waals surface area contributed by atoms with E-state index in [0.29, 0.717) is 6.04 Å². The predicted octanol–water partition coefficient (Wildman–Crippen LogP) is 3.60. The van der Waals surface area contributed by atoms with Crippen LogP contribution in [0.15, 0.2) is 24.3 Å². The average molecular weight is 272 g/mol. The van der Waals surface area contributed by atoms with Crippen molar-refractivity contribution in [3.63, 3.8) is 0 Å². The molecule has 1 N–H and O–H groups in total. The Hall–Kier alpha value is -1.23. The lowest BCUT2D eigenvalue weighted by molar-refractivity contribution is -0.137. The lowest BCUT2D eigenvalue weighted by Crippen LogP contribution is -2.31. The largest absolute Gasteiger partial charge is 0.418 e. The van der Waals surface area contributed by atoms with E-state index in [4.69, 9.17) is 0 Å². The third-order valence-corrected chi connectivity index (χ3v) is 3.54. The van der Waals surface area contributed by atoms with Crippen molar-refractivity contribution in [2.45, 2.75) is 38.5 Å². The molecule has 0 radical (unpaired) electrons. The van der Waals surface area contributed by atoms with Gasteiger partial charge in [0.2, 0.25) is 0 Å². The first-order valence-corrected chi connectivity index (χ1v) is 6.54. The maximum atomic E-state index is 12.9. The van der Waals surface area contributed by atoms with Crippen molar-refractivity contribution in [3.05, 3.63) is 29.8 Å². The van der Waals surface area contributed by atoms with Crippen LogP contribution < -0.4 is 5.32 Å². The summed E-state index contributed by atoms with van der Waals surface area (Å²) in [7, 11) is 0. The quantitative estimate of drug-likeness (QED) is 0.904. The van der Waals surface area contributed by atoms with Crippen molar-refractivity contribution in [1.82, 2.24) is 4.90 Å². The van der Waals surface area contributed by atoms with Crippen LogP contribution in [-0.2, 0) is 6.18 Å². The average Bonchev–Trinajstić information content (AvgIpc) is 2.77. The number of alkyl halides is 3. The van der Waals surface area contributed by atoms with E-state index in [1.165, 1.54) is 12.1 Å². The van der Waals surface area contributed by atoms with Crippen LogP contribution >= 0.6 is 0 Å². The molecule has 1 fully saturated rings. The van der Waals surface area contributed by atoms with Crippen molar-refractivity contribution < 1.29 is 13.2 Å². The van der Waals surface area contributed by atoms with E-state index < -0.39 is 11.7 Å². The molecule has 1 unspecified atom stereocenters. The van der Waals surface area contributed by atoms with Gasteiger partial charge in [0, 0.05) is 30.9 Å². The van der Waals surface area contributed by atoms with Gasteiger partial charge in [-0.15, -0.1) is 0 Å². The molecule has 1 aromatic rings. The van der Waals surface area contributed by atoms with Gasteiger partial charge in [0.25, 0.3) is 0 Å². The minimum atomic E-state index is -4.31. The third kappa shape index (κ3) is 3.41. The Balaban J connectivity index is 2.08. The molecule has 0 spiro atoms. The molecule has 19 heavy (non-hydrogen) atoms. The van der Waals surface area contributed by atoms with Crippen LogP contribution in [0.1, 0.15) is 25.8 Å².